The third-order valence-electron chi connectivity index (χ3n) is 3.85. The predicted octanol–water partition coefficient (Wildman–Crippen LogP) is 2.56. The van der Waals surface area contributed by atoms with E-state index in [4.69, 9.17) is 5.73 Å². The maximum absolute atomic E-state index is 12.7. The van der Waals surface area contributed by atoms with Crippen molar-refractivity contribution in [3.8, 4) is 0 Å². The van der Waals surface area contributed by atoms with E-state index in [-0.39, 0.29) is 17.4 Å². The summed E-state index contributed by atoms with van der Waals surface area (Å²) in [5, 5.41) is 0. The molecule has 0 aromatic heterocycles. The number of benzene rings is 1. The summed E-state index contributed by atoms with van der Waals surface area (Å²) in [5.41, 5.74) is 7.30. The first-order valence-corrected chi connectivity index (χ1v) is 6.68. The maximum atomic E-state index is 12.7. The van der Waals surface area contributed by atoms with Crippen molar-refractivity contribution >= 4 is 11.6 Å². The molecule has 0 unspecified atom stereocenters. The van der Waals surface area contributed by atoms with E-state index in [2.05, 4.69) is 13.8 Å². The minimum atomic E-state index is -0.270. The highest BCUT2D eigenvalue weighted by Crippen LogP contribution is 2.49. The molecule has 1 saturated carbocycles. The molecule has 3 heteroatoms. The van der Waals surface area contributed by atoms with Crippen LogP contribution in [0.25, 0.3) is 0 Å². The molecule has 0 radical (unpaired) electrons. The largest absolute Gasteiger partial charge is 0.399 e. The van der Waals surface area contributed by atoms with Crippen LogP contribution in [0.15, 0.2) is 24.3 Å². The quantitative estimate of drug-likeness (QED) is 0.830. The van der Waals surface area contributed by atoms with Crippen LogP contribution in [0.1, 0.15) is 39.2 Å². The number of nitrogens with zero attached hydrogens (tertiary/aromatic N) is 1. The Kier molecular flexibility index (Phi) is 3.33. The third-order valence-corrected chi connectivity index (χ3v) is 3.85. The summed E-state index contributed by atoms with van der Waals surface area (Å²) < 4.78 is 0. The van der Waals surface area contributed by atoms with Crippen LogP contribution in [-0.4, -0.2) is 23.4 Å². The van der Waals surface area contributed by atoms with Gasteiger partial charge in [-0.3, -0.25) is 4.79 Å². The summed E-state index contributed by atoms with van der Waals surface area (Å²) in [6.45, 7) is 6.95. The van der Waals surface area contributed by atoms with Crippen molar-refractivity contribution in [3.63, 3.8) is 0 Å². The van der Waals surface area contributed by atoms with Gasteiger partial charge in [0, 0.05) is 18.3 Å². The molecule has 0 atom stereocenters. The number of nitrogen functional groups attached to an aromatic ring is 1. The van der Waals surface area contributed by atoms with Gasteiger partial charge in [0.2, 0.25) is 5.91 Å². The van der Waals surface area contributed by atoms with Gasteiger partial charge < -0.3 is 10.6 Å². The van der Waals surface area contributed by atoms with Crippen LogP contribution in [0, 0.1) is 0 Å². The Hall–Kier alpha value is -1.51. The Balaban J connectivity index is 2.26. The fraction of sp³-hybridized carbons (Fsp3) is 0.533. The molecule has 2 N–H and O–H groups in total. The zero-order chi connectivity index (χ0) is 13.3. The van der Waals surface area contributed by atoms with Gasteiger partial charge in [-0.15, -0.1) is 0 Å². The molecule has 0 bridgehead atoms. The lowest BCUT2D eigenvalue weighted by molar-refractivity contribution is -0.135. The number of carbonyl (C=O) groups excluding carboxylic acids is 1. The van der Waals surface area contributed by atoms with E-state index in [0.29, 0.717) is 0 Å². The van der Waals surface area contributed by atoms with Crippen molar-refractivity contribution in [2.24, 2.45) is 0 Å². The van der Waals surface area contributed by atoms with E-state index in [1.807, 2.05) is 36.1 Å². The minimum absolute atomic E-state index is 0.258. The van der Waals surface area contributed by atoms with Gasteiger partial charge in [0.15, 0.2) is 0 Å². The monoisotopic (exact) mass is 246 g/mol. The first kappa shape index (κ1) is 12.9. The molecule has 1 aliphatic rings. The second kappa shape index (κ2) is 4.63. The van der Waals surface area contributed by atoms with Crippen LogP contribution in [-0.2, 0) is 10.2 Å². The van der Waals surface area contributed by atoms with Crippen molar-refractivity contribution in [1.29, 1.82) is 0 Å². The molecule has 98 valence electrons. The van der Waals surface area contributed by atoms with Gasteiger partial charge in [0.25, 0.3) is 0 Å². The van der Waals surface area contributed by atoms with Crippen LogP contribution >= 0.6 is 0 Å². The van der Waals surface area contributed by atoms with Crippen molar-refractivity contribution < 1.29 is 4.79 Å². The summed E-state index contributed by atoms with van der Waals surface area (Å²) in [6, 6.07) is 8.01. The van der Waals surface area contributed by atoms with Crippen molar-refractivity contribution in [2.45, 2.75) is 45.1 Å². The summed E-state index contributed by atoms with van der Waals surface area (Å²) in [6.07, 6.45) is 1.91. The zero-order valence-corrected chi connectivity index (χ0v) is 11.4. The normalized spacial score (nSPS) is 16.7. The Labute approximate surface area is 109 Å². The maximum Gasteiger partial charge on any atom is 0.233 e. The highest BCUT2D eigenvalue weighted by atomic mass is 16.2. The summed E-state index contributed by atoms with van der Waals surface area (Å²) in [5.74, 6) is 0.268. The van der Waals surface area contributed by atoms with Gasteiger partial charge in [0.1, 0.15) is 0 Å². The van der Waals surface area contributed by atoms with Gasteiger partial charge in [-0.25, -0.2) is 0 Å². The number of hydrogen-bond acceptors (Lipinski definition) is 2. The lowest BCUT2D eigenvalue weighted by atomic mass is 9.93. The molecule has 1 aliphatic carbocycles. The topological polar surface area (TPSA) is 46.3 Å². The molecule has 1 aromatic rings. The molecule has 3 nitrogen and oxygen atoms in total. The highest BCUT2D eigenvalue weighted by molar-refractivity contribution is 5.91. The molecular formula is C15H22N2O. The number of carbonyl (C=O) groups is 1. The Morgan fingerprint density at radius 3 is 2.28 bits per heavy atom. The van der Waals surface area contributed by atoms with E-state index >= 15 is 0 Å². The fourth-order valence-electron chi connectivity index (χ4n) is 2.57. The second-order valence-corrected chi connectivity index (χ2v) is 5.39. The number of likely N-dealkylation sites (N-methyl/N-ethyl adjacent to an activating group) is 1. The average molecular weight is 246 g/mol. The van der Waals surface area contributed by atoms with E-state index in [1.165, 1.54) is 0 Å². The fourth-order valence-corrected chi connectivity index (χ4v) is 2.57. The van der Waals surface area contributed by atoms with Crippen LogP contribution in [0.3, 0.4) is 0 Å². The number of amides is 1. The number of anilines is 1. The molecule has 1 aromatic carbocycles. The number of rotatable bonds is 4. The van der Waals surface area contributed by atoms with Crippen LogP contribution in [0.2, 0.25) is 0 Å². The van der Waals surface area contributed by atoms with Crippen molar-refractivity contribution in [3.05, 3.63) is 29.8 Å². The first-order chi connectivity index (χ1) is 8.51. The van der Waals surface area contributed by atoms with E-state index in [1.54, 1.807) is 0 Å². The lowest BCUT2D eigenvalue weighted by Crippen LogP contribution is -2.43. The molecular weight excluding hydrogens is 224 g/mol. The van der Waals surface area contributed by atoms with E-state index < -0.39 is 0 Å². The van der Waals surface area contributed by atoms with Gasteiger partial charge in [-0.05, 0) is 51.3 Å². The van der Waals surface area contributed by atoms with Crippen LogP contribution < -0.4 is 5.73 Å². The molecule has 18 heavy (non-hydrogen) atoms. The van der Waals surface area contributed by atoms with Crippen molar-refractivity contribution in [1.82, 2.24) is 4.90 Å². The molecule has 0 saturated heterocycles. The Bertz CT molecular complexity index is 432. The van der Waals surface area contributed by atoms with Crippen LogP contribution in [0.5, 0.6) is 0 Å². The Morgan fingerprint density at radius 2 is 1.89 bits per heavy atom. The summed E-state index contributed by atoms with van der Waals surface area (Å²) in [4.78, 5) is 14.6. The Morgan fingerprint density at radius 1 is 1.33 bits per heavy atom. The standard InChI is InChI=1S/C15H22N2O/c1-4-17(11(2)3)14(18)15(9-10-15)12-5-7-13(16)8-6-12/h5-8,11H,4,9-10,16H2,1-3H3. The van der Waals surface area contributed by atoms with E-state index in [0.717, 1.165) is 30.6 Å². The predicted molar refractivity (Wildman–Crippen MR) is 74.3 cm³/mol. The first-order valence-electron chi connectivity index (χ1n) is 6.68. The summed E-state index contributed by atoms with van der Waals surface area (Å²) in [7, 11) is 0. The smallest absolute Gasteiger partial charge is 0.233 e. The van der Waals surface area contributed by atoms with Gasteiger partial charge in [-0.2, -0.15) is 0 Å². The van der Waals surface area contributed by atoms with E-state index in [9.17, 15) is 4.79 Å². The molecule has 2 rings (SSSR count). The SMILES string of the molecule is CCN(C(=O)C1(c2ccc(N)cc2)CC1)C(C)C. The third kappa shape index (κ3) is 2.09. The molecule has 0 aliphatic heterocycles. The minimum Gasteiger partial charge on any atom is -0.399 e. The molecule has 1 amide bonds. The van der Waals surface area contributed by atoms with Crippen molar-refractivity contribution in [2.75, 3.05) is 12.3 Å². The molecule has 1 fully saturated rings. The van der Waals surface area contributed by atoms with Gasteiger partial charge in [-0.1, -0.05) is 12.1 Å². The van der Waals surface area contributed by atoms with Gasteiger partial charge in [0.05, 0.1) is 5.41 Å². The molecule has 0 spiro atoms. The lowest BCUT2D eigenvalue weighted by Gasteiger charge is -2.30. The molecule has 0 heterocycles. The van der Waals surface area contributed by atoms with Crippen LogP contribution in [0.4, 0.5) is 5.69 Å². The average Bonchev–Trinajstić information content (AvgIpc) is 3.11. The summed E-state index contributed by atoms with van der Waals surface area (Å²) >= 11 is 0. The zero-order valence-electron chi connectivity index (χ0n) is 11.4. The van der Waals surface area contributed by atoms with Gasteiger partial charge >= 0.3 is 0 Å². The number of nitrogens with two attached hydrogens (primary N) is 1. The number of hydrogen-bond donors (Lipinski definition) is 1. The highest BCUT2D eigenvalue weighted by Gasteiger charge is 2.53. The second-order valence-electron chi connectivity index (χ2n) is 5.39.